The molecule has 1 aromatic carbocycles. The second-order valence-corrected chi connectivity index (χ2v) is 6.96. The number of hydrogen-bond acceptors (Lipinski definition) is 6. The topological polar surface area (TPSA) is 57.1 Å². The van der Waals surface area contributed by atoms with Gasteiger partial charge in [-0.1, -0.05) is 0 Å². The number of aryl methyl sites for hydroxylation is 1. The Balaban J connectivity index is 1.67. The summed E-state index contributed by atoms with van der Waals surface area (Å²) in [5.74, 6) is 1.41. The molecule has 0 spiro atoms. The summed E-state index contributed by atoms with van der Waals surface area (Å²) in [6, 6.07) is 11.9. The summed E-state index contributed by atoms with van der Waals surface area (Å²) in [4.78, 5) is 14.9. The van der Waals surface area contributed by atoms with Crippen LogP contribution in [-0.2, 0) is 4.74 Å². The highest BCUT2D eigenvalue weighted by atomic mass is 32.1. The minimum absolute atomic E-state index is 0.225. The third kappa shape index (κ3) is 3.42. The van der Waals surface area contributed by atoms with Gasteiger partial charge in [-0.05, 0) is 54.3 Å². The highest BCUT2D eigenvalue weighted by molar-refractivity contribution is 7.10. The zero-order chi connectivity index (χ0) is 17.9. The van der Waals surface area contributed by atoms with E-state index < -0.39 is 0 Å². The Morgan fingerprint density at radius 3 is 2.50 bits per heavy atom. The van der Waals surface area contributed by atoms with Crippen LogP contribution >= 0.6 is 11.3 Å². The summed E-state index contributed by atoms with van der Waals surface area (Å²) in [5.41, 5.74) is 4.77. The number of methoxy groups -OCH3 is 1. The average Bonchev–Trinajstić information content (AvgIpc) is 3.12. The van der Waals surface area contributed by atoms with Gasteiger partial charge in [-0.2, -0.15) is 0 Å². The van der Waals surface area contributed by atoms with Crippen molar-refractivity contribution in [2.75, 3.05) is 13.9 Å². The second-order valence-electron chi connectivity index (χ2n) is 5.84. The molecule has 0 bridgehead atoms. The van der Waals surface area contributed by atoms with Crippen molar-refractivity contribution in [2.24, 2.45) is 0 Å². The molecule has 0 radical (unpaired) electrons. The van der Waals surface area contributed by atoms with Crippen molar-refractivity contribution in [3.05, 3.63) is 59.0 Å². The van der Waals surface area contributed by atoms with E-state index in [0.717, 1.165) is 27.9 Å². The zero-order valence-electron chi connectivity index (χ0n) is 14.5. The van der Waals surface area contributed by atoms with Crippen LogP contribution in [0.3, 0.4) is 0 Å². The molecule has 0 atom stereocenters. The molecule has 26 heavy (non-hydrogen) atoms. The van der Waals surface area contributed by atoms with Gasteiger partial charge in [0, 0.05) is 29.3 Å². The second kappa shape index (κ2) is 7.19. The van der Waals surface area contributed by atoms with Gasteiger partial charge < -0.3 is 9.47 Å². The molecule has 0 aliphatic rings. The average molecular weight is 363 g/mol. The van der Waals surface area contributed by atoms with E-state index in [1.165, 1.54) is 10.4 Å². The van der Waals surface area contributed by atoms with Crippen LogP contribution in [0.2, 0.25) is 0 Å². The summed E-state index contributed by atoms with van der Waals surface area (Å²) >= 11 is 1.73. The van der Waals surface area contributed by atoms with Crippen LogP contribution < -0.4 is 4.74 Å². The van der Waals surface area contributed by atoms with Gasteiger partial charge in [-0.3, -0.25) is 4.98 Å². The molecule has 0 N–H and O–H groups in total. The first kappa shape index (κ1) is 16.6. The molecule has 0 saturated carbocycles. The Bertz CT molecular complexity index is 1040. The van der Waals surface area contributed by atoms with Crippen LogP contribution in [0.25, 0.3) is 33.5 Å². The fourth-order valence-corrected chi connectivity index (χ4v) is 3.35. The van der Waals surface area contributed by atoms with E-state index in [9.17, 15) is 0 Å². The maximum Gasteiger partial charge on any atom is 0.188 e. The van der Waals surface area contributed by atoms with E-state index in [0.29, 0.717) is 5.82 Å². The molecular formula is C20H17N3O2S. The first-order valence-corrected chi connectivity index (χ1v) is 9.01. The summed E-state index contributed by atoms with van der Waals surface area (Å²) in [6.45, 7) is 2.32. The van der Waals surface area contributed by atoms with Gasteiger partial charge >= 0.3 is 0 Å². The SMILES string of the molecule is COCOc1ccc(-c2ncc3ncc(-c4csc(C)c4)cc3n2)cc1. The van der Waals surface area contributed by atoms with Crippen LogP contribution in [0.15, 0.2) is 54.2 Å². The fraction of sp³-hybridized carbons (Fsp3) is 0.150. The number of rotatable bonds is 5. The van der Waals surface area contributed by atoms with Crippen molar-refractivity contribution in [1.82, 2.24) is 15.0 Å². The molecule has 0 amide bonds. The van der Waals surface area contributed by atoms with Gasteiger partial charge in [0.2, 0.25) is 0 Å². The molecule has 130 valence electrons. The molecule has 0 aliphatic carbocycles. The largest absolute Gasteiger partial charge is 0.468 e. The third-order valence-electron chi connectivity index (χ3n) is 3.95. The molecule has 0 saturated heterocycles. The van der Waals surface area contributed by atoms with E-state index in [4.69, 9.17) is 14.5 Å². The predicted molar refractivity (Wildman–Crippen MR) is 103 cm³/mol. The first-order chi connectivity index (χ1) is 12.7. The van der Waals surface area contributed by atoms with Crippen LogP contribution in [0, 0.1) is 6.92 Å². The lowest BCUT2D eigenvalue weighted by molar-refractivity contribution is 0.0511. The van der Waals surface area contributed by atoms with E-state index in [-0.39, 0.29) is 6.79 Å². The van der Waals surface area contributed by atoms with E-state index in [1.54, 1.807) is 24.6 Å². The molecule has 0 aliphatic heterocycles. The summed E-state index contributed by atoms with van der Waals surface area (Å²) in [5, 5.41) is 2.14. The molecule has 3 heterocycles. The van der Waals surface area contributed by atoms with Crippen molar-refractivity contribution in [3.63, 3.8) is 0 Å². The molecule has 3 aromatic heterocycles. The van der Waals surface area contributed by atoms with Gasteiger partial charge in [0.1, 0.15) is 11.3 Å². The van der Waals surface area contributed by atoms with Crippen molar-refractivity contribution in [2.45, 2.75) is 6.92 Å². The van der Waals surface area contributed by atoms with Gasteiger partial charge in [0.25, 0.3) is 0 Å². The van der Waals surface area contributed by atoms with E-state index >= 15 is 0 Å². The number of ether oxygens (including phenoxy) is 2. The van der Waals surface area contributed by atoms with E-state index in [2.05, 4.69) is 34.4 Å². The maximum absolute atomic E-state index is 5.41. The molecule has 6 heteroatoms. The zero-order valence-corrected chi connectivity index (χ0v) is 15.3. The van der Waals surface area contributed by atoms with Crippen molar-refractivity contribution in [3.8, 4) is 28.3 Å². The first-order valence-electron chi connectivity index (χ1n) is 8.13. The lowest BCUT2D eigenvalue weighted by Crippen LogP contribution is -1.98. The van der Waals surface area contributed by atoms with Crippen molar-refractivity contribution < 1.29 is 9.47 Å². The van der Waals surface area contributed by atoms with Gasteiger partial charge in [-0.25, -0.2) is 9.97 Å². The fourth-order valence-electron chi connectivity index (χ4n) is 2.64. The number of nitrogens with zero attached hydrogens (tertiary/aromatic N) is 3. The predicted octanol–water partition coefficient (Wildman–Crippen LogP) is 4.71. The maximum atomic E-state index is 5.41. The Hall–Kier alpha value is -2.83. The number of pyridine rings is 1. The lowest BCUT2D eigenvalue weighted by atomic mass is 10.1. The number of thiophene rings is 1. The standard InChI is InChI=1S/C20H17N3O2S/c1-13-7-16(11-26-13)15-8-18-19(21-9-15)10-22-20(23-18)14-3-5-17(6-4-14)25-12-24-2/h3-11H,12H2,1-2H3. The third-order valence-corrected chi connectivity index (χ3v) is 4.81. The summed E-state index contributed by atoms with van der Waals surface area (Å²) in [6.07, 6.45) is 3.63. The molecule has 0 fully saturated rings. The van der Waals surface area contributed by atoms with Crippen LogP contribution in [0.4, 0.5) is 0 Å². The highest BCUT2D eigenvalue weighted by Gasteiger charge is 2.07. The number of hydrogen-bond donors (Lipinski definition) is 0. The molecule has 4 rings (SSSR count). The van der Waals surface area contributed by atoms with Crippen LogP contribution in [0.1, 0.15) is 4.88 Å². The van der Waals surface area contributed by atoms with Crippen molar-refractivity contribution in [1.29, 1.82) is 0 Å². The Kier molecular flexibility index (Phi) is 4.60. The van der Waals surface area contributed by atoms with Gasteiger partial charge in [0.15, 0.2) is 12.6 Å². The minimum atomic E-state index is 0.225. The lowest BCUT2D eigenvalue weighted by Gasteiger charge is -2.06. The smallest absolute Gasteiger partial charge is 0.188 e. The number of fused-ring (bicyclic) bond motifs is 1. The Morgan fingerprint density at radius 2 is 1.77 bits per heavy atom. The quantitative estimate of drug-likeness (QED) is 0.481. The van der Waals surface area contributed by atoms with E-state index in [1.807, 2.05) is 30.5 Å². The molecular weight excluding hydrogens is 346 g/mol. The van der Waals surface area contributed by atoms with Gasteiger partial charge in [-0.15, -0.1) is 11.3 Å². The Labute approximate surface area is 155 Å². The number of aromatic nitrogens is 3. The normalized spacial score (nSPS) is 11.0. The van der Waals surface area contributed by atoms with Gasteiger partial charge in [0.05, 0.1) is 11.7 Å². The monoisotopic (exact) mass is 363 g/mol. The van der Waals surface area contributed by atoms with Crippen molar-refractivity contribution >= 4 is 22.4 Å². The molecule has 5 nitrogen and oxygen atoms in total. The Morgan fingerprint density at radius 1 is 0.923 bits per heavy atom. The number of benzene rings is 1. The summed E-state index contributed by atoms with van der Waals surface area (Å²) in [7, 11) is 1.59. The highest BCUT2D eigenvalue weighted by Crippen LogP contribution is 2.27. The summed E-state index contributed by atoms with van der Waals surface area (Å²) < 4.78 is 10.3. The van der Waals surface area contributed by atoms with Crippen LogP contribution in [-0.4, -0.2) is 28.9 Å². The molecule has 0 unspecified atom stereocenters. The van der Waals surface area contributed by atoms with Crippen LogP contribution in [0.5, 0.6) is 5.75 Å². The minimum Gasteiger partial charge on any atom is -0.468 e. The molecule has 4 aromatic rings.